The molecule has 5 nitrogen and oxygen atoms in total. The zero-order chi connectivity index (χ0) is 25.4. The van der Waals surface area contributed by atoms with Crippen LogP contribution >= 0.6 is 0 Å². The Balaban J connectivity index is 1.31. The van der Waals surface area contributed by atoms with Gasteiger partial charge in [0, 0.05) is 19.4 Å². The van der Waals surface area contributed by atoms with Gasteiger partial charge < -0.3 is 21.1 Å². The summed E-state index contributed by atoms with van der Waals surface area (Å²) in [5.41, 5.74) is 4.26. The Hall–Kier alpha value is -1.85. The summed E-state index contributed by atoms with van der Waals surface area (Å²) in [6, 6.07) is 9.04. The van der Waals surface area contributed by atoms with E-state index < -0.39 is 0 Å². The molecule has 1 saturated carbocycles. The number of benzene rings is 1. The first-order valence-electron chi connectivity index (χ1n) is 14.0. The lowest BCUT2D eigenvalue weighted by Gasteiger charge is -2.19. The summed E-state index contributed by atoms with van der Waals surface area (Å²) in [7, 11) is 0. The molecule has 0 radical (unpaired) electrons. The smallest absolute Gasteiger partial charge is 0.219 e. The number of nitrogens with one attached hydrogen (secondary N) is 3. The van der Waals surface area contributed by atoms with Gasteiger partial charge in [-0.25, -0.2) is 0 Å². The number of carbonyl (C=O) groups excluding carboxylic acids is 1. The fraction of sp³-hybridized carbons (Fsp3) is 0.700. The van der Waals surface area contributed by atoms with Crippen LogP contribution in [0.3, 0.4) is 0 Å². The van der Waals surface area contributed by atoms with Crippen molar-refractivity contribution in [2.24, 2.45) is 0 Å². The number of allylic oxidation sites excluding steroid dienone is 2. The van der Waals surface area contributed by atoms with E-state index in [-0.39, 0.29) is 11.3 Å². The van der Waals surface area contributed by atoms with Crippen LogP contribution in [0.2, 0.25) is 0 Å². The third kappa shape index (κ3) is 13.1. The molecule has 1 aromatic rings. The highest BCUT2D eigenvalue weighted by Crippen LogP contribution is 2.29. The summed E-state index contributed by atoms with van der Waals surface area (Å²) in [6.45, 7) is 11.6. The van der Waals surface area contributed by atoms with E-state index in [4.69, 9.17) is 0 Å². The molecule has 2 rings (SSSR count). The molecule has 1 aliphatic rings. The summed E-state index contributed by atoms with van der Waals surface area (Å²) in [5.74, 6) is 0.769. The fourth-order valence-corrected chi connectivity index (χ4v) is 4.26. The number of hydrogen-bond acceptors (Lipinski definition) is 4. The van der Waals surface area contributed by atoms with Crippen LogP contribution in [0, 0.1) is 0 Å². The fourth-order valence-electron chi connectivity index (χ4n) is 4.26. The van der Waals surface area contributed by atoms with E-state index in [2.05, 4.69) is 61.0 Å². The molecule has 1 fully saturated rings. The first-order valence-corrected chi connectivity index (χ1v) is 14.0. The Bertz CT molecular complexity index is 744. The Labute approximate surface area is 214 Å². The van der Waals surface area contributed by atoms with E-state index in [1.165, 1.54) is 36.0 Å². The average Bonchev–Trinajstić information content (AvgIpc) is 2.78. The molecular weight excluding hydrogens is 434 g/mol. The highest BCUT2D eigenvalue weighted by atomic mass is 16.3. The van der Waals surface area contributed by atoms with Gasteiger partial charge in [-0.05, 0) is 106 Å². The average molecular weight is 486 g/mol. The summed E-state index contributed by atoms with van der Waals surface area (Å²) < 4.78 is 0. The molecule has 0 unspecified atom stereocenters. The van der Waals surface area contributed by atoms with Crippen LogP contribution in [0.15, 0.2) is 35.6 Å². The molecule has 0 bridgehead atoms. The van der Waals surface area contributed by atoms with E-state index in [1.54, 1.807) is 0 Å². The largest absolute Gasteiger partial charge is 0.512 e. The maximum Gasteiger partial charge on any atom is 0.219 e. The third-order valence-corrected chi connectivity index (χ3v) is 6.90. The molecule has 5 heteroatoms. The van der Waals surface area contributed by atoms with Crippen LogP contribution in [-0.4, -0.2) is 43.7 Å². The van der Waals surface area contributed by atoms with Crippen molar-refractivity contribution in [2.45, 2.75) is 103 Å². The standard InChI is InChI=1S/C30H51N3O2/c1-30(2,3)27-17-15-25(16-18-27)19-24-32-21-8-7-20-31-22-10-23-33-29(35)14-6-4-5-13-28(34)26-11-9-12-26/h15-18,31-32,34H,4-14,19-24H2,1-3H3,(H,33,35). The van der Waals surface area contributed by atoms with Crippen LogP contribution < -0.4 is 16.0 Å². The van der Waals surface area contributed by atoms with Gasteiger partial charge in [0.05, 0.1) is 5.76 Å². The topological polar surface area (TPSA) is 73.4 Å². The van der Waals surface area contributed by atoms with E-state index in [0.717, 1.165) is 84.1 Å². The van der Waals surface area contributed by atoms with Crippen molar-refractivity contribution in [3.63, 3.8) is 0 Å². The number of amides is 1. The van der Waals surface area contributed by atoms with Crippen molar-refractivity contribution in [2.75, 3.05) is 32.7 Å². The third-order valence-electron chi connectivity index (χ3n) is 6.90. The van der Waals surface area contributed by atoms with Gasteiger partial charge in [-0.15, -0.1) is 0 Å². The molecule has 4 N–H and O–H groups in total. The maximum absolute atomic E-state index is 11.9. The summed E-state index contributed by atoms with van der Waals surface area (Å²) in [5, 5.41) is 20.0. The van der Waals surface area contributed by atoms with Crippen LogP contribution in [0.1, 0.15) is 103 Å². The molecule has 1 aliphatic carbocycles. The Morgan fingerprint density at radius 3 is 2.06 bits per heavy atom. The summed E-state index contributed by atoms with van der Waals surface area (Å²) in [4.78, 5) is 11.9. The molecule has 0 aromatic heterocycles. The van der Waals surface area contributed by atoms with E-state index in [9.17, 15) is 9.90 Å². The molecule has 1 amide bonds. The Morgan fingerprint density at radius 2 is 1.43 bits per heavy atom. The minimum atomic E-state index is 0.155. The van der Waals surface area contributed by atoms with Crippen molar-refractivity contribution in [1.29, 1.82) is 0 Å². The lowest BCUT2D eigenvalue weighted by molar-refractivity contribution is -0.121. The summed E-state index contributed by atoms with van der Waals surface area (Å²) >= 11 is 0. The molecular formula is C30H51N3O2. The molecule has 0 aliphatic heterocycles. The zero-order valence-corrected chi connectivity index (χ0v) is 22.7. The minimum absolute atomic E-state index is 0.155. The van der Waals surface area contributed by atoms with Gasteiger partial charge in [-0.1, -0.05) is 51.5 Å². The van der Waals surface area contributed by atoms with Gasteiger partial charge in [-0.3, -0.25) is 4.79 Å². The number of unbranched alkanes of at least 4 members (excludes halogenated alkanes) is 3. The quantitative estimate of drug-likeness (QED) is 0.153. The number of hydrogen-bond donors (Lipinski definition) is 4. The SMILES string of the molecule is CC(C)(C)c1ccc(CCNCCCCNCCCNC(=O)CCCCCC(O)=C2CCC2)cc1. The molecule has 35 heavy (non-hydrogen) atoms. The van der Waals surface area contributed by atoms with Crippen molar-refractivity contribution < 1.29 is 9.90 Å². The Morgan fingerprint density at radius 1 is 0.800 bits per heavy atom. The predicted molar refractivity (Wildman–Crippen MR) is 148 cm³/mol. The number of carbonyl (C=O) groups is 1. The monoisotopic (exact) mass is 485 g/mol. The first kappa shape index (κ1) is 29.4. The van der Waals surface area contributed by atoms with Gasteiger partial charge in [0.25, 0.3) is 0 Å². The lowest BCUT2D eigenvalue weighted by atomic mass is 9.86. The minimum Gasteiger partial charge on any atom is -0.512 e. The normalized spacial score (nSPS) is 13.5. The highest BCUT2D eigenvalue weighted by molar-refractivity contribution is 5.75. The first-order chi connectivity index (χ1) is 16.9. The maximum atomic E-state index is 11.9. The molecule has 0 spiro atoms. The molecule has 0 heterocycles. The van der Waals surface area contributed by atoms with Gasteiger partial charge in [0.2, 0.25) is 5.91 Å². The van der Waals surface area contributed by atoms with Crippen LogP contribution in [0.4, 0.5) is 0 Å². The van der Waals surface area contributed by atoms with Crippen LogP contribution in [0.25, 0.3) is 0 Å². The number of aliphatic hydroxyl groups is 1. The molecule has 0 saturated heterocycles. The predicted octanol–water partition coefficient (Wildman–Crippen LogP) is 5.94. The Kier molecular flexibility index (Phi) is 14.1. The van der Waals surface area contributed by atoms with Crippen molar-refractivity contribution >= 4 is 5.91 Å². The van der Waals surface area contributed by atoms with Crippen LogP contribution in [0.5, 0.6) is 0 Å². The van der Waals surface area contributed by atoms with E-state index in [1.807, 2.05) is 0 Å². The molecule has 198 valence electrons. The van der Waals surface area contributed by atoms with Crippen molar-refractivity contribution in [1.82, 2.24) is 16.0 Å². The second-order valence-corrected chi connectivity index (χ2v) is 11.1. The molecule has 1 aromatic carbocycles. The van der Waals surface area contributed by atoms with Crippen LogP contribution in [-0.2, 0) is 16.6 Å². The summed E-state index contributed by atoms with van der Waals surface area (Å²) in [6.07, 6.45) is 12.1. The molecule has 0 atom stereocenters. The second-order valence-electron chi connectivity index (χ2n) is 11.1. The highest BCUT2D eigenvalue weighted by Gasteiger charge is 2.14. The van der Waals surface area contributed by atoms with E-state index >= 15 is 0 Å². The van der Waals surface area contributed by atoms with Gasteiger partial charge >= 0.3 is 0 Å². The second kappa shape index (κ2) is 16.8. The van der Waals surface area contributed by atoms with Crippen molar-refractivity contribution in [3.05, 3.63) is 46.7 Å². The number of aliphatic hydroxyl groups excluding tert-OH is 1. The lowest BCUT2D eigenvalue weighted by Crippen LogP contribution is -2.27. The number of rotatable bonds is 18. The zero-order valence-electron chi connectivity index (χ0n) is 22.7. The van der Waals surface area contributed by atoms with Gasteiger partial charge in [0.15, 0.2) is 0 Å². The van der Waals surface area contributed by atoms with Gasteiger partial charge in [0.1, 0.15) is 0 Å². The van der Waals surface area contributed by atoms with E-state index in [0.29, 0.717) is 12.2 Å². The van der Waals surface area contributed by atoms with Gasteiger partial charge in [-0.2, -0.15) is 0 Å². The van der Waals surface area contributed by atoms with Crippen molar-refractivity contribution in [3.8, 4) is 0 Å².